The van der Waals surface area contributed by atoms with E-state index in [4.69, 9.17) is 0 Å². The van der Waals surface area contributed by atoms with Gasteiger partial charge in [0.2, 0.25) is 0 Å². The molecule has 12 rings (SSSR count). The van der Waals surface area contributed by atoms with Crippen LogP contribution in [-0.4, -0.2) is 31.9 Å². The molecular formula is C55H37Ge2. The van der Waals surface area contributed by atoms with Crippen LogP contribution in [0.5, 0.6) is 0 Å². The van der Waals surface area contributed by atoms with Gasteiger partial charge in [0.1, 0.15) is 0 Å². The van der Waals surface area contributed by atoms with Gasteiger partial charge in [0, 0.05) is 0 Å². The molecule has 265 valence electrons. The van der Waals surface area contributed by atoms with Crippen LogP contribution in [0.2, 0.25) is 0 Å². The Kier molecular flexibility index (Phi) is 7.72. The topological polar surface area (TPSA) is 0 Å². The SMILES string of the molecule is [Ge][c]1ccccc1-c1cccc(-c2cccc3c(-c4cccc5c4C4(CCCC4)c4ccccc4-5)c4cccc(-c5cccc6[c]5[Ge][c]5ccccc5-6)c4cc23)c1. The summed E-state index contributed by atoms with van der Waals surface area (Å²) in [7, 11) is 0. The molecule has 1 fully saturated rings. The van der Waals surface area contributed by atoms with Crippen molar-refractivity contribution in [3.05, 3.63) is 187 Å². The minimum absolute atomic E-state index is 0.0468. The van der Waals surface area contributed by atoms with Gasteiger partial charge in [-0.3, -0.25) is 0 Å². The molecule has 3 aliphatic rings. The average Bonchev–Trinajstić information content (AvgIpc) is 3.98. The first-order valence-corrected chi connectivity index (χ1v) is 23.5. The third-order valence-electron chi connectivity index (χ3n) is 13.3. The number of fused-ring (bicyclic) bond motifs is 10. The summed E-state index contributed by atoms with van der Waals surface area (Å²) in [5.74, 6) is 0. The van der Waals surface area contributed by atoms with Crippen LogP contribution in [0, 0.1) is 0 Å². The van der Waals surface area contributed by atoms with Crippen molar-refractivity contribution in [2.24, 2.45) is 0 Å². The number of rotatable bonds is 4. The van der Waals surface area contributed by atoms with Crippen LogP contribution in [-0.2, 0) is 5.41 Å². The van der Waals surface area contributed by atoms with Crippen molar-refractivity contribution < 1.29 is 0 Å². The van der Waals surface area contributed by atoms with Crippen LogP contribution in [0.1, 0.15) is 36.8 Å². The first-order chi connectivity index (χ1) is 28.2. The first kappa shape index (κ1) is 33.7. The van der Waals surface area contributed by atoms with Gasteiger partial charge in [-0.15, -0.1) is 0 Å². The number of benzene rings is 9. The van der Waals surface area contributed by atoms with E-state index in [0.29, 0.717) is 0 Å². The fourth-order valence-electron chi connectivity index (χ4n) is 10.9. The van der Waals surface area contributed by atoms with Gasteiger partial charge in [-0.25, -0.2) is 0 Å². The molecule has 0 unspecified atom stereocenters. The second-order valence-electron chi connectivity index (χ2n) is 16.1. The standard InChI is InChI=1S/C55H37Ge2/c56-50-28-5-2-16-37(50)35-15-9-14-34(32-35)36-19-10-21-41-47(36)33-48-38(44-24-13-25-45-40-18-3-6-29-51(40)57-54(44)45)20-11-22-42(48)52(41)46-26-12-23-43-39-17-1-4-27-49(39)55(53(43)46)30-7-8-31-55/h1-6,9-29,32-33H,7-8,30-31H2. The van der Waals surface area contributed by atoms with Gasteiger partial charge in [-0.1, -0.05) is 0 Å². The Morgan fingerprint density at radius 2 is 0.947 bits per heavy atom. The zero-order chi connectivity index (χ0) is 37.7. The van der Waals surface area contributed by atoms with Gasteiger partial charge in [0.15, 0.2) is 0 Å². The second kappa shape index (κ2) is 13.1. The molecule has 1 saturated carbocycles. The summed E-state index contributed by atoms with van der Waals surface area (Å²) in [6.07, 6.45) is 4.96. The molecule has 1 aliphatic heterocycles. The minimum atomic E-state index is -0.476. The molecule has 9 aromatic rings. The Labute approximate surface area is 349 Å². The molecule has 1 heterocycles. The van der Waals surface area contributed by atoms with E-state index in [2.05, 4.69) is 192 Å². The maximum absolute atomic E-state index is 2.55. The van der Waals surface area contributed by atoms with E-state index >= 15 is 0 Å². The zero-order valence-corrected chi connectivity index (χ0v) is 35.8. The molecular weight excluding hydrogens is 806 g/mol. The Hall–Kier alpha value is -5.41. The van der Waals surface area contributed by atoms with Crippen molar-refractivity contribution >= 4 is 66.7 Å². The van der Waals surface area contributed by atoms with Gasteiger partial charge < -0.3 is 0 Å². The summed E-state index contributed by atoms with van der Waals surface area (Å²) >= 11 is 1.74. The Bertz CT molecular complexity index is 3130. The van der Waals surface area contributed by atoms with E-state index in [1.54, 1.807) is 14.4 Å². The zero-order valence-electron chi connectivity index (χ0n) is 31.6. The summed E-state index contributed by atoms with van der Waals surface area (Å²) in [5.41, 5.74) is 19.5. The van der Waals surface area contributed by atoms with Gasteiger partial charge in [-0.2, -0.15) is 0 Å². The summed E-state index contributed by atoms with van der Waals surface area (Å²) in [6.45, 7) is 0. The molecule has 0 N–H and O–H groups in total. The summed E-state index contributed by atoms with van der Waals surface area (Å²) in [4.78, 5) is 0. The molecule has 57 heavy (non-hydrogen) atoms. The Morgan fingerprint density at radius 3 is 1.74 bits per heavy atom. The molecule has 2 heteroatoms. The fourth-order valence-corrected chi connectivity index (χ4v) is 14.7. The molecule has 9 aromatic carbocycles. The molecule has 0 bridgehead atoms. The average molecular weight is 843 g/mol. The van der Waals surface area contributed by atoms with Crippen molar-refractivity contribution in [3.8, 4) is 66.8 Å². The van der Waals surface area contributed by atoms with E-state index in [9.17, 15) is 0 Å². The van der Waals surface area contributed by atoms with E-state index in [0.717, 1.165) is 0 Å². The quantitative estimate of drug-likeness (QED) is 0.122. The summed E-state index contributed by atoms with van der Waals surface area (Å²) < 4.78 is 4.41. The first-order valence-electron chi connectivity index (χ1n) is 20.3. The van der Waals surface area contributed by atoms with Crippen molar-refractivity contribution in [3.63, 3.8) is 0 Å². The van der Waals surface area contributed by atoms with Crippen LogP contribution < -0.4 is 13.2 Å². The number of hydrogen-bond acceptors (Lipinski definition) is 0. The third kappa shape index (κ3) is 5.00. The maximum atomic E-state index is 2.55. The molecule has 0 amide bonds. The normalized spacial score (nSPS) is 14.5. The van der Waals surface area contributed by atoms with Gasteiger partial charge in [-0.05, 0) is 0 Å². The molecule has 5 radical (unpaired) electrons. The van der Waals surface area contributed by atoms with Crippen LogP contribution in [0.3, 0.4) is 0 Å². The van der Waals surface area contributed by atoms with Crippen molar-refractivity contribution in [1.82, 2.24) is 0 Å². The van der Waals surface area contributed by atoms with E-state index in [1.807, 2.05) is 0 Å². The predicted molar refractivity (Wildman–Crippen MR) is 244 cm³/mol. The summed E-state index contributed by atoms with van der Waals surface area (Å²) in [5, 5.41) is 5.33. The van der Waals surface area contributed by atoms with Crippen LogP contribution >= 0.6 is 0 Å². The van der Waals surface area contributed by atoms with Crippen LogP contribution in [0.4, 0.5) is 0 Å². The van der Waals surface area contributed by atoms with Gasteiger partial charge in [0.25, 0.3) is 0 Å². The predicted octanol–water partition coefficient (Wildman–Crippen LogP) is 11.9. The van der Waals surface area contributed by atoms with Gasteiger partial charge in [0.05, 0.1) is 0 Å². The molecule has 1 spiro atoms. The van der Waals surface area contributed by atoms with E-state index in [-0.39, 0.29) is 5.41 Å². The molecule has 0 nitrogen and oxygen atoms in total. The molecule has 0 saturated heterocycles. The third-order valence-corrected chi connectivity index (χ3v) is 17.3. The van der Waals surface area contributed by atoms with E-state index < -0.39 is 15.4 Å². The monoisotopic (exact) mass is 845 g/mol. The van der Waals surface area contributed by atoms with E-state index in [1.165, 1.54) is 124 Å². The van der Waals surface area contributed by atoms with Crippen LogP contribution in [0.25, 0.3) is 88.3 Å². The van der Waals surface area contributed by atoms with Crippen LogP contribution in [0.15, 0.2) is 176 Å². The second-order valence-corrected chi connectivity index (χ2v) is 20.0. The van der Waals surface area contributed by atoms with Crippen molar-refractivity contribution in [2.75, 3.05) is 0 Å². The molecule has 2 aliphatic carbocycles. The van der Waals surface area contributed by atoms with Gasteiger partial charge >= 0.3 is 352 Å². The summed E-state index contributed by atoms with van der Waals surface area (Å²) in [6, 6.07) is 67.3. The Balaban J connectivity index is 1.18. The molecule has 0 aromatic heterocycles. The molecule has 0 atom stereocenters. The van der Waals surface area contributed by atoms with Crippen molar-refractivity contribution in [2.45, 2.75) is 31.1 Å². The Morgan fingerprint density at radius 1 is 0.404 bits per heavy atom. The fraction of sp³-hybridized carbons (Fsp3) is 0.0909. The van der Waals surface area contributed by atoms with Crippen molar-refractivity contribution in [1.29, 1.82) is 0 Å². The number of hydrogen-bond donors (Lipinski definition) is 0.